The van der Waals surface area contributed by atoms with Crippen LogP contribution in [0.1, 0.15) is 17.9 Å². The van der Waals surface area contributed by atoms with Gasteiger partial charge in [0.05, 0.1) is 36.4 Å². The Morgan fingerprint density at radius 2 is 2.11 bits per heavy atom. The molecule has 0 fully saturated rings. The summed E-state index contributed by atoms with van der Waals surface area (Å²) in [5.74, 6) is 1.08. The zero-order valence-electron chi connectivity index (χ0n) is 20.4. The van der Waals surface area contributed by atoms with Crippen LogP contribution in [0.4, 0.5) is 22.0 Å². The van der Waals surface area contributed by atoms with Gasteiger partial charge in [0.15, 0.2) is 5.65 Å². The number of nitrogens with zero attached hydrogens (tertiary/aromatic N) is 6. The van der Waals surface area contributed by atoms with Gasteiger partial charge in [-0.1, -0.05) is 18.2 Å². The Kier molecular flexibility index (Phi) is 6.11. The summed E-state index contributed by atoms with van der Waals surface area (Å²) < 4.78 is 7.04. The maximum atomic E-state index is 12.7. The summed E-state index contributed by atoms with van der Waals surface area (Å²) in [6, 6.07) is 13.9. The molecule has 3 aromatic heterocycles. The van der Waals surface area contributed by atoms with Crippen LogP contribution in [-0.4, -0.2) is 62.8 Å². The number of amides is 2. The molecule has 1 atom stereocenters. The number of hydrogen-bond donors (Lipinski definition) is 3. The van der Waals surface area contributed by atoms with Gasteiger partial charge in [0.2, 0.25) is 0 Å². The van der Waals surface area contributed by atoms with Crippen molar-refractivity contribution in [3.8, 4) is 0 Å². The molecule has 2 aromatic carbocycles. The van der Waals surface area contributed by atoms with E-state index in [2.05, 4.69) is 59.0 Å². The van der Waals surface area contributed by atoms with Gasteiger partial charge in [-0.3, -0.25) is 9.78 Å². The Hall–Kier alpha value is -4.51. The number of aromatic amines is 1. The van der Waals surface area contributed by atoms with Gasteiger partial charge in [0.1, 0.15) is 12.1 Å². The lowest BCUT2D eigenvalue weighted by Crippen LogP contribution is -2.30. The fourth-order valence-electron chi connectivity index (χ4n) is 4.95. The summed E-state index contributed by atoms with van der Waals surface area (Å²) >= 11 is 0. The molecular weight excluding hydrogens is 470 g/mol. The zero-order valence-corrected chi connectivity index (χ0v) is 20.4. The first-order valence-electron chi connectivity index (χ1n) is 12.2. The molecule has 1 unspecified atom stereocenters. The van der Waals surface area contributed by atoms with Crippen molar-refractivity contribution in [2.45, 2.75) is 18.9 Å². The van der Waals surface area contributed by atoms with E-state index in [-0.39, 0.29) is 11.9 Å². The van der Waals surface area contributed by atoms with Crippen LogP contribution in [0.15, 0.2) is 61.2 Å². The third-order valence-electron chi connectivity index (χ3n) is 6.74. The van der Waals surface area contributed by atoms with E-state index in [1.165, 1.54) is 5.56 Å². The number of carbonyl (C=O) groups excluding carboxylic acids is 1. The summed E-state index contributed by atoms with van der Waals surface area (Å²) in [7, 11) is 1.67. The molecule has 0 radical (unpaired) electrons. The molecule has 1 aliphatic rings. The number of urea groups is 1. The molecule has 37 heavy (non-hydrogen) atoms. The smallest absolute Gasteiger partial charge is 0.319 e. The highest BCUT2D eigenvalue weighted by molar-refractivity contribution is 5.92. The van der Waals surface area contributed by atoms with E-state index in [0.29, 0.717) is 25.3 Å². The molecule has 4 heterocycles. The molecule has 0 saturated heterocycles. The topological polar surface area (TPSA) is 126 Å². The average Bonchev–Trinajstić information content (AvgIpc) is 3.65. The van der Waals surface area contributed by atoms with E-state index >= 15 is 0 Å². The number of para-hydroxylation sites is 1. The van der Waals surface area contributed by atoms with Crippen molar-refractivity contribution in [1.82, 2.24) is 35.3 Å². The first-order chi connectivity index (χ1) is 18.2. The van der Waals surface area contributed by atoms with E-state index in [1.807, 2.05) is 35.1 Å². The Morgan fingerprint density at radius 1 is 1.19 bits per heavy atom. The van der Waals surface area contributed by atoms with Crippen molar-refractivity contribution in [3.63, 3.8) is 0 Å². The summed E-state index contributed by atoms with van der Waals surface area (Å²) in [5.41, 5.74) is 4.75. The number of carbonyl (C=O) groups is 1. The van der Waals surface area contributed by atoms with E-state index in [9.17, 15) is 4.79 Å². The minimum Gasteiger partial charge on any atom is -0.383 e. The zero-order chi connectivity index (χ0) is 25.2. The number of nitrogens with one attached hydrogen (secondary N) is 3. The van der Waals surface area contributed by atoms with Crippen LogP contribution in [0.5, 0.6) is 0 Å². The number of hydrogen-bond acceptors (Lipinski definition) is 7. The van der Waals surface area contributed by atoms with Gasteiger partial charge in [-0.15, -0.1) is 0 Å². The van der Waals surface area contributed by atoms with Crippen LogP contribution in [0.3, 0.4) is 0 Å². The number of rotatable bonds is 8. The monoisotopic (exact) mass is 497 g/mol. The number of H-pyrrole nitrogens is 1. The minimum absolute atomic E-state index is 0.235. The first kappa shape index (κ1) is 22.9. The molecule has 5 aromatic rings. The molecule has 3 N–H and O–H groups in total. The molecule has 11 nitrogen and oxygen atoms in total. The average molecular weight is 498 g/mol. The first-order valence-corrected chi connectivity index (χ1v) is 12.2. The fourth-order valence-corrected chi connectivity index (χ4v) is 4.95. The molecular formula is C26H27N9O2. The third-order valence-corrected chi connectivity index (χ3v) is 6.74. The Bertz CT molecular complexity index is 1560. The lowest BCUT2D eigenvalue weighted by atomic mass is 9.98. The highest BCUT2D eigenvalue weighted by atomic mass is 16.5. The highest BCUT2D eigenvalue weighted by Gasteiger charge is 2.31. The number of ether oxygens (including phenoxy) is 1. The van der Waals surface area contributed by atoms with Gasteiger partial charge in [0.25, 0.3) is 0 Å². The highest BCUT2D eigenvalue weighted by Crippen LogP contribution is 2.42. The molecule has 2 amide bonds. The van der Waals surface area contributed by atoms with Crippen molar-refractivity contribution < 1.29 is 9.53 Å². The van der Waals surface area contributed by atoms with Crippen LogP contribution in [-0.2, 0) is 11.3 Å². The quantitative estimate of drug-likeness (QED) is 0.298. The van der Waals surface area contributed by atoms with Crippen molar-refractivity contribution in [3.05, 3.63) is 66.7 Å². The molecule has 0 aliphatic carbocycles. The molecule has 188 valence electrons. The van der Waals surface area contributed by atoms with Crippen LogP contribution < -0.4 is 15.5 Å². The lowest BCUT2D eigenvalue weighted by molar-refractivity contribution is 0.185. The molecule has 11 heteroatoms. The number of aromatic nitrogens is 6. The standard InChI is InChI=1S/C26H27N9O2/c1-37-11-10-35-23-12-19(7-6-17(23)13-31-35)32-26(36)27-9-8-18-15-34(22-5-3-2-4-20(18)22)25-21-14-30-33-24(21)28-16-29-25/h2-7,12-14,16,18H,8-11,15H2,1H3,(H2,27,32,36)(H,28,29,30,33). The van der Waals surface area contributed by atoms with Gasteiger partial charge in [-0.2, -0.15) is 10.2 Å². The van der Waals surface area contributed by atoms with Gasteiger partial charge in [-0.25, -0.2) is 14.8 Å². The van der Waals surface area contributed by atoms with E-state index in [0.717, 1.165) is 46.4 Å². The van der Waals surface area contributed by atoms with Gasteiger partial charge in [0, 0.05) is 42.9 Å². The second kappa shape index (κ2) is 9.86. The van der Waals surface area contributed by atoms with E-state index in [1.54, 1.807) is 19.6 Å². The number of benzene rings is 2. The Balaban J connectivity index is 1.10. The lowest BCUT2D eigenvalue weighted by Gasteiger charge is -2.19. The number of methoxy groups -OCH3 is 1. The predicted octanol–water partition coefficient (Wildman–Crippen LogP) is 3.80. The molecule has 1 aliphatic heterocycles. The van der Waals surface area contributed by atoms with Crippen molar-refractivity contribution >= 4 is 45.2 Å². The van der Waals surface area contributed by atoms with Gasteiger partial charge >= 0.3 is 6.03 Å². The van der Waals surface area contributed by atoms with Gasteiger partial charge < -0.3 is 20.3 Å². The molecule has 0 spiro atoms. The summed E-state index contributed by atoms with van der Waals surface area (Å²) in [6.45, 7) is 2.52. The Labute approximate surface area is 212 Å². The number of anilines is 3. The molecule has 0 saturated carbocycles. The second-order valence-corrected chi connectivity index (χ2v) is 9.00. The van der Waals surface area contributed by atoms with Crippen molar-refractivity contribution in [2.24, 2.45) is 0 Å². The molecule has 6 rings (SSSR count). The minimum atomic E-state index is -0.235. The summed E-state index contributed by atoms with van der Waals surface area (Å²) in [5, 5.41) is 19.3. The summed E-state index contributed by atoms with van der Waals surface area (Å²) in [4.78, 5) is 23.7. The normalized spacial score (nSPS) is 14.8. The third kappa shape index (κ3) is 4.45. The van der Waals surface area contributed by atoms with Crippen molar-refractivity contribution in [2.75, 3.05) is 37.0 Å². The van der Waals surface area contributed by atoms with Crippen LogP contribution >= 0.6 is 0 Å². The Morgan fingerprint density at radius 3 is 3.03 bits per heavy atom. The van der Waals surface area contributed by atoms with Crippen LogP contribution in [0, 0.1) is 0 Å². The summed E-state index contributed by atoms with van der Waals surface area (Å²) in [6.07, 6.45) is 5.92. The fraction of sp³-hybridized carbons (Fsp3) is 0.269. The van der Waals surface area contributed by atoms with Crippen molar-refractivity contribution in [1.29, 1.82) is 0 Å². The molecule has 0 bridgehead atoms. The van der Waals surface area contributed by atoms with Crippen LogP contribution in [0.25, 0.3) is 21.9 Å². The van der Waals surface area contributed by atoms with E-state index in [4.69, 9.17) is 4.74 Å². The van der Waals surface area contributed by atoms with E-state index < -0.39 is 0 Å². The SMILES string of the molecule is COCCn1ncc2ccc(NC(=O)NCCC3CN(c4ncnc5[nH]ncc45)c4ccccc43)cc21. The predicted molar refractivity (Wildman–Crippen MR) is 141 cm³/mol. The van der Waals surface area contributed by atoms with Crippen LogP contribution in [0.2, 0.25) is 0 Å². The second-order valence-electron chi connectivity index (χ2n) is 9.00. The maximum Gasteiger partial charge on any atom is 0.319 e. The maximum absolute atomic E-state index is 12.7. The number of fused-ring (bicyclic) bond motifs is 3. The largest absolute Gasteiger partial charge is 0.383 e. The van der Waals surface area contributed by atoms with Gasteiger partial charge in [-0.05, 0) is 36.2 Å².